The first-order chi connectivity index (χ1) is 9.57. The lowest BCUT2D eigenvalue weighted by atomic mass is 10.0. The van der Waals surface area contributed by atoms with Gasteiger partial charge in [-0.1, -0.05) is 6.92 Å². The molecular weight excluding hydrogens is 303 g/mol. The number of rotatable bonds is 3. The summed E-state index contributed by atoms with van der Waals surface area (Å²) in [5.41, 5.74) is -2.57. The van der Waals surface area contributed by atoms with Crippen molar-refractivity contribution in [1.82, 2.24) is 9.55 Å². The Bertz CT molecular complexity index is 733. The topological polar surface area (TPSA) is 131 Å². The number of ether oxygens (including phenoxy) is 1. The van der Waals surface area contributed by atoms with Gasteiger partial charge in [0.05, 0.1) is 0 Å². The highest BCUT2D eigenvalue weighted by Gasteiger charge is 2.80. The van der Waals surface area contributed by atoms with Crippen LogP contribution in [0.1, 0.15) is 26.5 Å². The zero-order chi connectivity index (χ0) is 15.6. The molecule has 0 aromatic carbocycles. The zero-order valence-corrected chi connectivity index (χ0v) is 12.2. The number of aromatic nitrogens is 2. The van der Waals surface area contributed by atoms with Gasteiger partial charge in [-0.3, -0.25) is 18.9 Å². The molecule has 1 aromatic rings. The number of nitrogens with zero attached hydrogens (tertiary/aromatic N) is 1. The number of fused-ring (bicyclic) bond motifs is 1. The molecule has 1 saturated carbocycles. The van der Waals surface area contributed by atoms with Crippen molar-refractivity contribution >= 4 is 7.82 Å². The van der Waals surface area contributed by atoms with Crippen molar-refractivity contribution < 1.29 is 23.6 Å². The Morgan fingerprint density at radius 3 is 2.62 bits per heavy atom. The van der Waals surface area contributed by atoms with Gasteiger partial charge in [0, 0.05) is 24.1 Å². The molecule has 0 spiro atoms. The number of phosphoric acid groups is 1. The van der Waals surface area contributed by atoms with Crippen molar-refractivity contribution in [3.63, 3.8) is 0 Å². The first kappa shape index (κ1) is 14.7. The van der Waals surface area contributed by atoms with E-state index in [2.05, 4.69) is 4.98 Å². The number of nitrogens with one attached hydrogen (secondary N) is 1. The molecule has 21 heavy (non-hydrogen) atoms. The SMILES string of the molecule is CC12CC(n3ccc(=O)[nH]c3=O)OC1(C)C2OP(=O)(O)O. The van der Waals surface area contributed by atoms with E-state index >= 15 is 0 Å². The molecule has 0 bridgehead atoms. The molecule has 4 unspecified atom stereocenters. The average Bonchev–Trinajstić information content (AvgIpc) is 2.61. The predicted octanol–water partition coefficient (Wildman–Crippen LogP) is -0.288. The average molecular weight is 318 g/mol. The van der Waals surface area contributed by atoms with Gasteiger partial charge in [0.15, 0.2) is 0 Å². The fraction of sp³-hybridized carbons (Fsp3) is 0.636. The van der Waals surface area contributed by atoms with E-state index in [0.29, 0.717) is 6.42 Å². The van der Waals surface area contributed by atoms with E-state index < -0.39 is 42.4 Å². The summed E-state index contributed by atoms with van der Waals surface area (Å²) in [6.45, 7) is 3.47. The number of phosphoric ester groups is 1. The Labute approximate surface area is 118 Å². The summed E-state index contributed by atoms with van der Waals surface area (Å²) >= 11 is 0. The van der Waals surface area contributed by atoms with Crippen LogP contribution in [0.25, 0.3) is 0 Å². The molecule has 4 atom stereocenters. The maximum atomic E-state index is 11.7. The van der Waals surface area contributed by atoms with Crippen LogP contribution in [0.15, 0.2) is 21.9 Å². The Kier molecular flexibility index (Phi) is 2.90. The van der Waals surface area contributed by atoms with Crippen molar-refractivity contribution in [2.75, 3.05) is 0 Å². The predicted molar refractivity (Wildman–Crippen MR) is 69.5 cm³/mol. The Morgan fingerprint density at radius 2 is 2.14 bits per heavy atom. The number of hydrogen-bond acceptors (Lipinski definition) is 5. The number of hydrogen-bond donors (Lipinski definition) is 3. The van der Waals surface area contributed by atoms with Crippen molar-refractivity contribution in [3.8, 4) is 0 Å². The minimum absolute atomic E-state index is 0.347. The van der Waals surface area contributed by atoms with Gasteiger partial charge in [-0.25, -0.2) is 9.36 Å². The first-order valence-electron chi connectivity index (χ1n) is 6.30. The standard InChI is InChI=1S/C11H15N2O7P/c1-10-5-7(13-4-3-6(14)12-9(13)15)19-11(10,2)8(10)20-21(16,17)18/h3-4,7-8H,5H2,1-2H3,(H,12,14,15)(H2,16,17,18). The van der Waals surface area contributed by atoms with Crippen LogP contribution in [0.3, 0.4) is 0 Å². The highest BCUT2D eigenvalue weighted by Crippen LogP contribution is 2.72. The summed E-state index contributed by atoms with van der Waals surface area (Å²) in [5.74, 6) is 0. The zero-order valence-electron chi connectivity index (χ0n) is 11.3. The van der Waals surface area contributed by atoms with Gasteiger partial charge in [-0.05, 0) is 6.92 Å². The molecule has 2 heterocycles. The third kappa shape index (κ3) is 2.13. The second-order valence-electron chi connectivity index (χ2n) is 5.79. The maximum absolute atomic E-state index is 11.7. The lowest BCUT2D eigenvalue weighted by Crippen LogP contribution is -2.33. The Morgan fingerprint density at radius 1 is 1.48 bits per heavy atom. The fourth-order valence-corrected chi connectivity index (χ4v) is 3.85. The van der Waals surface area contributed by atoms with E-state index in [1.807, 2.05) is 0 Å². The summed E-state index contributed by atoms with van der Waals surface area (Å²) in [7, 11) is -4.60. The van der Waals surface area contributed by atoms with Gasteiger partial charge in [0.2, 0.25) is 0 Å². The molecule has 1 aliphatic carbocycles. The lowest BCUT2D eigenvalue weighted by Gasteiger charge is -2.21. The summed E-state index contributed by atoms with van der Waals surface area (Å²) in [5, 5.41) is 0. The molecule has 10 heteroatoms. The van der Waals surface area contributed by atoms with Gasteiger partial charge in [-0.2, -0.15) is 0 Å². The van der Waals surface area contributed by atoms with Gasteiger partial charge in [0.1, 0.15) is 17.9 Å². The van der Waals surface area contributed by atoms with E-state index in [4.69, 9.17) is 19.0 Å². The number of aromatic amines is 1. The molecule has 1 saturated heterocycles. The third-order valence-corrected chi connectivity index (χ3v) is 5.00. The van der Waals surface area contributed by atoms with Crippen molar-refractivity contribution in [2.24, 2.45) is 5.41 Å². The second kappa shape index (κ2) is 4.15. The molecular formula is C11H15N2O7P. The Balaban J connectivity index is 1.84. The molecule has 3 N–H and O–H groups in total. The lowest BCUT2D eigenvalue weighted by molar-refractivity contribution is -0.0583. The normalized spacial score (nSPS) is 38.3. The molecule has 0 amide bonds. The van der Waals surface area contributed by atoms with Gasteiger partial charge >= 0.3 is 13.5 Å². The minimum atomic E-state index is -4.60. The van der Waals surface area contributed by atoms with Crippen molar-refractivity contribution in [3.05, 3.63) is 33.1 Å². The number of H-pyrrole nitrogens is 1. The smallest absolute Gasteiger partial charge is 0.348 e. The van der Waals surface area contributed by atoms with Crippen LogP contribution >= 0.6 is 7.82 Å². The first-order valence-corrected chi connectivity index (χ1v) is 7.83. The largest absolute Gasteiger partial charge is 0.469 e. The molecule has 3 rings (SSSR count). The van der Waals surface area contributed by atoms with E-state index in [1.165, 1.54) is 16.8 Å². The van der Waals surface area contributed by atoms with Crippen LogP contribution in [0.4, 0.5) is 0 Å². The van der Waals surface area contributed by atoms with Gasteiger partial charge in [-0.15, -0.1) is 0 Å². The van der Waals surface area contributed by atoms with Gasteiger partial charge < -0.3 is 14.5 Å². The maximum Gasteiger partial charge on any atom is 0.469 e. The summed E-state index contributed by atoms with van der Waals surface area (Å²) in [6.07, 6.45) is 0.337. The van der Waals surface area contributed by atoms with Crippen LogP contribution in [0.5, 0.6) is 0 Å². The van der Waals surface area contributed by atoms with Crippen LogP contribution in [0.2, 0.25) is 0 Å². The van der Waals surface area contributed by atoms with Crippen LogP contribution in [-0.4, -0.2) is 31.0 Å². The van der Waals surface area contributed by atoms with Crippen LogP contribution in [0, 0.1) is 5.41 Å². The van der Waals surface area contributed by atoms with E-state index in [1.54, 1.807) is 13.8 Å². The highest BCUT2D eigenvalue weighted by molar-refractivity contribution is 7.46. The van der Waals surface area contributed by atoms with Crippen molar-refractivity contribution in [1.29, 1.82) is 0 Å². The fourth-order valence-electron chi connectivity index (χ4n) is 3.15. The van der Waals surface area contributed by atoms with E-state index in [-0.39, 0.29) is 0 Å². The minimum Gasteiger partial charge on any atom is -0.348 e. The van der Waals surface area contributed by atoms with Crippen LogP contribution in [-0.2, 0) is 13.8 Å². The van der Waals surface area contributed by atoms with Crippen molar-refractivity contribution in [2.45, 2.75) is 38.2 Å². The quantitative estimate of drug-likeness (QED) is 0.653. The monoisotopic (exact) mass is 318 g/mol. The molecule has 1 aromatic heterocycles. The molecule has 2 aliphatic rings. The van der Waals surface area contributed by atoms with Gasteiger partial charge in [0.25, 0.3) is 5.56 Å². The Hall–Kier alpha value is -1.25. The summed E-state index contributed by atoms with van der Waals surface area (Å²) < 4.78 is 22.7. The summed E-state index contributed by atoms with van der Waals surface area (Å²) in [4.78, 5) is 42.7. The van der Waals surface area contributed by atoms with Crippen LogP contribution < -0.4 is 11.2 Å². The summed E-state index contributed by atoms with van der Waals surface area (Å²) in [6, 6.07) is 1.21. The van der Waals surface area contributed by atoms with E-state index in [9.17, 15) is 14.2 Å². The third-order valence-electron chi connectivity index (χ3n) is 4.51. The molecule has 1 aliphatic heterocycles. The molecule has 9 nitrogen and oxygen atoms in total. The molecule has 2 fully saturated rings. The highest BCUT2D eigenvalue weighted by atomic mass is 31.2. The second-order valence-corrected chi connectivity index (χ2v) is 6.99. The molecule has 0 radical (unpaired) electrons. The molecule has 116 valence electrons. The van der Waals surface area contributed by atoms with E-state index in [0.717, 1.165) is 0 Å².